The van der Waals surface area contributed by atoms with E-state index in [1.807, 2.05) is 18.7 Å². The number of thiol groups is 1. The molecule has 0 fully saturated rings. The van der Waals surface area contributed by atoms with Gasteiger partial charge >= 0.3 is 5.97 Å². The lowest BCUT2D eigenvalue weighted by atomic mass is 10.1. The van der Waals surface area contributed by atoms with Gasteiger partial charge in [-0.25, -0.2) is 0 Å². The van der Waals surface area contributed by atoms with Crippen LogP contribution >= 0.6 is 24.4 Å². The molecular weight excluding hydrogens is 228 g/mol. The van der Waals surface area contributed by atoms with Crippen LogP contribution in [-0.2, 0) is 9.53 Å². The van der Waals surface area contributed by atoms with Gasteiger partial charge in [0.15, 0.2) is 0 Å². The van der Waals surface area contributed by atoms with Gasteiger partial charge in [-0.1, -0.05) is 6.42 Å². The molecule has 0 amide bonds. The molecular formula is C11H22O2S2. The minimum absolute atomic E-state index is 0.0626. The third kappa shape index (κ3) is 9.12. The number of carbonyl (C=O) groups is 1. The van der Waals surface area contributed by atoms with E-state index in [0.717, 1.165) is 25.0 Å². The van der Waals surface area contributed by atoms with Gasteiger partial charge in [-0.2, -0.15) is 24.4 Å². The summed E-state index contributed by atoms with van der Waals surface area (Å²) in [4.78, 5) is 11.0. The van der Waals surface area contributed by atoms with E-state index in [4.69, 9.17) is 4.74 Å². The zero-order valence-corrected chi connectivity index (χ0v) is 11.4. The number of hydrogen-bond donors (Lipinski definition) is 1. The molecule has 1 atom stereocenters. The van der Waals surface area contributed by atoms with Crippen molar-refractivity contribution < 1.29 is 9.53 Å². The summed E-state index contributed by atoms with van der Waals surface area (Å²) in [6, 6.07) is 0. The summed E-state index contributed by atoms with van der Waals surface area (Å²) in [6.07, 6.45) is 7.10. The van der Waals surface area contributed by atoms with Gasteiger partial charge in [0.1, 0.15) is 0 Å². The zero-order valence-electron chi connectivity index (χ0n) is 9.70. The molecule has 0 N–H and O–H groups in total. The smallest absolute Gasteiger partial charge is 0.305 e. The first-order valence-electron chi connectivity index (χ1n) is 5.53. The SMILES string of the molecule is CCOC(=O)CCCCC(CCS)SC. The van der Waals surface area contributed by atoms with Crippen LogP contribution in [0.1, 0.15) is 39.0 Å². The highest BCUT2D eigenvalue weighted by atomic mass is 32.2. The maximum Gasteiger partial charge on any atom is 0.305 e. The lowest BCUT2D eigenvalue weighted by Gasteiger charge is -2.12. The largest absolute Gasteiger partial charge is 0.466 e. The molecule has 4 heteroatoms. The Hall–Kier alpha value is 0.170. The molecule has 0 aliphatic heterocycles. The molecule has 0 aliphatic rings. The van der Waals surface area contributed by atoms with Crippen molar-refractivity contribution in [3.05, 3.63) is 0 Å². The molecule has 90 valence electrons. The number of thioether (sulfide) groups is 1. The van der Waals surface area contributed by atoms with Gasteiger partial charge in [-0.15, -0.1) is 0 Å². The second-order valence-corrected chi connectivity index (χ2v) is 5.01. The van der Waals surface area contributed by atoms with E-state index in [0.29, 0.717) is 18.3 Å². The number of unbranched alkanes of at least 4 members (excludes halogenated alkanes) is 1. The van der Waals surface area contributed by atoms with Crippen molar-refractivity contribution in [2.24, 2.45) is 0 Å². The molecule has 0 radical (unpaired) electrons. The van der Waals surface area contributed by atoms with E-state index in [9.17, 15) is 4.79 Å². The number of ether oxygens (including phenoxy) is 1. The van der Waals surface area contributed by atoms with Crippen molar-refractivity contribution in [3.63, 3.8) is 0 Å². The molecule has 0 spiro atoms. The van der Waals surface area contributed by atoms with Gasteiger partial charge in [0.25, 0.3) is 0 Å². The Morgan fingerprint density at radius 3 is 2.67 bits per heavy atom. The number of hydrogen-bond acceptors (Lipinski definition) is 4. The number of carbonyl (C=O) groups excluding carboxylic acids is 1. The minimum Gasteiger partial charge on any atom is -0.466 e. The van der Waals surface area contributed by atoms with Gasteiger partial charge in [0.05, 0.1) is 6.61 Å². The molecule has 0 rings (SSSR count). The highest BCUT2D eigenvalue weighted by molar-refractivity contribution is 7.99. The predicted molar refractivity (Wildman–Crippen MR) is 70.9 cm³/mol. The van der Waals surface area contributed by atoms with Crippen LogP contribution < -0.4 is 0 Å². The molecule has 15 heavy (non-hydrogen) atoms. The summed E-state index contributed by atoms with van der Waals surface area (Å²) >= 11 is 6.13. The fourth-order valence-corrected chi connectivity index (χ4v) is 2.64. The van der Waals surface area contributed by atoms with Crippen molar-refractivity contribution in [1.82, 2.24) is 0 Å². The van der Waals surface area contributed by atoms with Gasteiger partial charge in [0, 0.05) is 11.7 Å². The summed E-state index contributed by atoms with van der Waals surface area (Å²) in [5.41, 5.74) is 0. The monoisotopic (exact) mass is 250 g/mol. The Morgan fingerprint density at radius 1 is 1.40 bits per heavy atom. The van der Waals surface area contributed by atoms with E-state index >= 15 is 0 Å². The third-order valence-electron chi connectivity index (χ3n) is 2.25. The lowest BCUT2D eigenvalue weighted by Crippen LogP contribution is -2.06. The normalized spacial score (nSPS) is 12.5. The quantitative estimate of drug-likeness (QED) is 0.387. The molecule has 0 saturated carbocycles. The molecule has 0 aliphatic carbocycles. The van der Waals surface area contributed by atoms with Crippen LogP contribution in [0.15, 0.2) is 0 Å². The average Bonchev–Trinajstić information content (AvgIpc) is 2.23. The van der Waals surface area contributed by atoms with Gasteiger partial charge in [-0.05, 0) is 38.2 Å². The van der Waals surface area contributed by atoms with Gasteiger partial charge < -0.3 is 4.74 Å². The predicted octanol–water partition coefficient (Wildman–Crippen LogP) is 3.16. The van der Waals surface area contributed by atoms with Crippen molar-refractivity contribution in [1.29, 1.82) is 0 Å². The third-order valence-corrected chi connectivity index (χ3v) is 3.64. The molecule has 0 aromatic carbocycles. The van der Waals surface area contributed by atoms with Crippen molar-refractivity contribution >= 4 is 30.4 Å². The van der Waals surface area contributed by atoms with E-state index in [-0.39, 0.29) is 5.97 Å². The van der Waals surface area contributed by atoms with Crippen molar-refractivity contribution in [3.8, 4) is 0 Å². The van der Waals surface area contributed by atoms with Crippen molar-refractivity contribution in [2.45, 2.75) is 44.3 Å². The summed E-state index contributed by atoms with van der Waals surface area (Å²) in [5, 5.41) is 0.699. The van der Waals surface area contributed by atoms with Crippen LogP contribution in [0.4, 0.5) is 0 Å². The van der Waals surface area contributed by atoms with E-state index in [1.54, 1.807) is 0 Å². The Kier molecular flexibility index (Phi) is 10.8. The van der Waals surface area contributed by atoms with Gasteiger partial charge in [-0.3, -0.25) is 4.79 Å². The van der Waals surface area contributed by atoms with Crippen LogP contribution in [0, 0.1) is 0 Å². The molecule has 1 unspecified atom stereocenters. The highest BCUT2D eigenvalue weighted by Crippen LogP contribution is 2.19. The molecule has 0 aromatic heterocycles. The van der Waals surface area contributed by atoms with Crippen LogP contribution in [0.25, 0.3) is 0 Å². The topological polar surface area (TPSA) is 26.3 Å². The Balaban J connectivity index is 3.39. The Morgan fingerprint density at radius 2 is 2.13 bits per heavy atom. The molecule has 0 bridgehead atoms. The van der Waals surface area contributed by atoms with E-state index in [2.05, 4.69) is 18.9 Å². The standard InChI is InChI=1S/C11H22O2S2/c1-3-13-11(12)7-5-4-6-10(15-2)8-9-14/h10,14H,3-9H2,1-2H3. The summed E-state index contributed by atoms with van der Waals surface area (Å²) in [7, 11) is 0. The maximum absolute atomic E-state index is 11.0. The molecule has 0 heterocycles. The second kappa shape index (κ2) is 10.7. The summed E-state index contributed by atoms with van der Waals surface area (Å²) in [6.45, 7) is 2.33. The lowest BCUT2D eigenvalue weighted by molar-refractivity contribution is -0.143. The van der Waals surface area contributed by atoms with Crippen molar-refractivity contribution in [2.75, 3.05) is 18.6 Å². The Labute approximate surface area is 103 Å². The summed E-state index contributed by atoms with van der Waals surface area (Å²) in [5.74, 6) is 0.885. The number of rotatable bonds is 9. The van der Waals surface area contributed by atoms with Crippen LogP contribution in [0.3, 0.4) is 0 Å². The van der Waals surface area contributed by atoms with Crippen LogP contribution in [0.2, 0.25) is 0 Å². The summed E-state index contributed by atoms with van der Waals surface area (Å²) < 4.78 is 4.87. The van der Waals surface area contributed by atoms with E-state index in [1.165, 1.54) is 6.42 Å². The zero-order chi connectivity index (χ0) is 11.5. The molecule has 0 saturated heterocycles. The average molecular weight is 250 g/mol. The Bertz CT molecular complexity index is 163. The first-order valence-corrected chi connectivity index (χ1v) is 7.45. The fraction of sp³-hybridized carbons (Fsp3) is 0.909. The number of esters is 1. The van der Waals surface area contributed by atoms with E-state index < -0.39 is 0 Å². The second-order valence-electron chi connectivity index (χ2n) is 3.42. The molecule has 0 aromatic rings. The highest BCUT2D eigenvalue weighted by Gasteiger charge is 2.06. The van der Waals surface area contributed by atoms with Crippen LogP contribution in [-0.4, -0.2) is 29.8 Å². The van der Waals surface area contributed by atoms with Gasteiger partial charge in [0.2, 0.25) is 0 Å². The first kappa shape index (κ1) is 15.2. The fourth-order valence-electron chi connectivity index (χ4n) is 1.40. The first-order chi connectivity index (χ1) is 7.24. The minimum atomic E-state index is -0.0626. The molecule has 2 nitrogen and oxygen atoms in total. The van der Waals surface area contributed by atoms with Crippen LogP contribution in [0.5, 0.6) is 0 Å². The maximum atomic E-state index is 11.0.